The smallest absolute Gasteiger partial charge is 0.307 e. The van der Waals surface area contributed by atoms with Gasteiger partial charge in [-0.3, -0.25) is 19.8 Å². The first-order valence-electron chi connectivity index (χ1n) is 9.43. The first kappa shape index (κ1) is 21.9. The lowest BCUT2D eigenvalue weighted by atomic mass is 10.1. The Morgan fingerprint density at radius 2 is 1.97 bits per heavy atom. The first-order chi connectivity index (χ1) is 14.8. The molecule has 1 saturated heterocycles. The molecule has 0 spiro atoms. The van der Waals surface area contributed by atoms with Gasteiger partial charge >= 0.3 is 5.97 Å². The van der Waals surface area contributed by atoms with Crippen LogP contribution in [0.4, 0.5) is 11.4 Å². The van der Waals surface area contributed by atoms with E-state index in [1.807, 2.05) is 0 Å². The summed E-state index contributed by atoms with van der Waals surface area (Å²) in [6.45, 7) is 0.296. The second-order valence-electron chi connectivity index (χ2n) is 6.95. The maximum absolute atomic E-state index is 12.9. The SMILES string of the molecule is N=C(N)c1ccc(NC(=O)[C@H](O)[C@H]2OCCN(c3cccc(CC(=O)O)c3)C2=O)cc1. The van der Waals surface area contributed by atoms with Gasteiger partial charge in [0.1, 0.15) is 5.84 Å². The highest BCUT2D eigenvalue weighted by Crippen LogP contribution is 2.22. The van der Waals surface area contributed by atoms with Gasteiger partial charge < -0.3 is 30.9 Å². The monoisotopic (exact) mass is 426 g/mol. The third kappa shape index (κ3) is 5.24. The van der Waals surface area contributed by atoms with Crippen LogP contribution < -0.4 is 16.0 Å². The fraction of sp³-hybridized carbons (Fsp3) is 0.238. The van der Waals surface area contributed by atoms with Crippen molar-refractivity contribution in [2.24, 2.45) is 5.73 Å². The molecule has 1 aliphatic rings. The second-order valence-corrected chi connectivity index (χ2v) is 6.95. The normalized spacial score (nSPS) is 17.1. The van der Waals surface area contributed by atoms with Crippen LogP contribution in [-0.4, -0.2) is 59.2 Å². The Morgan fingerprint density at radius 1 is 1.26 bits per heavy atom. The number of amidine groups is 1. The third-order valence-electron chi connectivity index (χ3n) is 4.72. The lowest BCUT2D eigenvalue weighted by molar-refractivity contribution is -0.150. The zero-order valence-electron chi connectivity index (χ0n) is 16.4. The number of nitrogens with two attached hydrogens (primary N) is 1. The van der Waals surface area contributed by atoms with Crippen molar-refractivity contribution in [3.05, 3.63) is 59.7 Å². The molecule has 0 radical (unpaired) electrons. The van der Waals surface area contributed by atoms with Crippen molar-refractivity contribution in [3.63, 3.8) is 0 Å². The minimum absolute atomic E-state index is 0.0945. The number of hydrogen-bond acceptors (Lipinski definition) is 6. The standard InChI is InChI=1S/C21H22N4O6/c22-19(23)13-4-6-14(7-5-13)24-20(29)17(28)18-21(30)25(8-9-31-18)15-3-1-2-12(10-15)11-16(26)27/h1-7,10,17-18,28H,8-9,11H2,(H3,22,23)(H,24,29)(H,26,27)/t17-,18-/m1/s1. The maximum atomic E-state index is 12.9. The molecule has 0 aromatic heterocycles. The number of aliphatic carboxylic acids is 1. The molecule has 0 bridgehead atoms. The molecule has 0 saturated carbocycles. The molecular formula is C21H22N4O6. The number of anilines is 2. The molecule has 10 heteroatoms. The number of carboxylic acid groups (broad SMARTS) is 1. The Kier molecular flexibility index (Phi) is 6.63. The number of rotatable bonds is 7. The zero-order valence-corrected chi connectivity index (χ0v) is 16.4. The molecule has 0 unspecified atom stereocenters. The van der Waals surface area contributed by atoms with E-state index in [-0.39, 0.29) is 25.4 Å². The van der Waals surface area contributed by atoms with E-state index in [1.54, 1.807) is 36.4 Å². The van der Waals surface area contributed by atoms with Gasteiger partial charge in [0.05, 0.1) is 13.0 Å². The van der Waals surface area contributed by atoms with Gasteiger partial charge in [-0.1, -0.05) is 12.1 Å². The molecule has 6 N–H and O–H groups in total. The van der Waals surface area contributed by atoms with Gasteiger partial charge in [0, 0.05) is 23.5 Å². The summed E-state index contributed by atoms with van der Waals surface area (Å²) in [5, 5.41) is 29.3. The fourth-order valence-electron chi connectivity index (χ4n) is 3.18. The molecule has 2 atom stereocenters. The molecule has 0 aliphatic carbocycles. The topological polar surface area (TPSA) is 166 Å². The van der Waals surface area contributed by atoms with E-state index in [2.05, 4.69) is 5.32 Å². The van der Waals surface area contributed by atoms with Gasteiger partial charge in [0.25, 0.3) is 11.8 Å². The van der Waals surface area contributed by atoms with E-state index in [0.717, 1.165) is 0 Å². The highest BCUT2D eigenvalue weighted by molar-refractivity contribution is 6.04. The Morgan fingerprint density at radius 3 is 2.61 bits per heavy atom. The predicted molar refractivity (Wildman–Crippen MR) is 112 cm³/mol. The van der Waals surface area contributed by atoms with Crippen molar-refractivity contribution in [2.75, 3.05) is 23.4 Å². The summed E-state index contributed by atoms with van der Waals surface area (Å²) < 4.78 is 5.37. The quantitative estimate of drug-likeness (QED) is 0.314. The number of amides is 2. The summed E-state index contributed by atoms with van der Waals surface area (Å²) in [5.41, 5.74) is 7.21. The van der Waals surface area contributed by atoms with E-state index in [0.29, 0.717) is 22.5 Å². The molecule has 1 heterocycles. The van der Waals surface area contributed by atoms with Crippen LogP contribution in [0.2, 0.25) is 0 Å². The van der Waals surface area contributed by atoms with Crippen LogP contribution in [0.1, 0.15) is 11.1 Å². The molecule has 1 fully saturated rings. The number of carbonyl (C=O) groups excluding carboxylic acids is 2. The van der Waals surface area contributed by atoms with E-state index in [4.69, 9.17) is 21.0 Å². The summed E-state index contributed by atoms with van der Waals surface area (Å²) in [5.74, 6) is -2.54. The number of carboxylic acids is 1. The zero-order chi connectivity index (χ0) is 22.5. The van der Waals surface area contributed by atoms with E-state index < -0.39 is 30.0 Å². The van der Waals surface area contributed by atoms with Crippen LogP contribution in [0.3, 0.4) is 0 Å². The number of nitrogens with zero attached hydrogens (tertiary/aromatic N) is 1. The average molecular weight is 426 g/mol. The molecule has 1 aliphatic heterocycles. The van der Waals surface area contributed by atoms with Crippen molar-refractivity contribution in [2.45, 2.75) is 18.6 Å². The molecule has 2 aromatic carbocycles. The third-order valence-corrected chi connectivity index (χ3v) is 4.72. The first-order valence-corrected chi connectivity index (χ1v) is 9.43. The van der Waals surface area contributed by atoms with Crippen molar-refractivity contribution < 1.29 is 29.3 Å². The van der Waals surface area contributed by atoms with Gasteiger partial charge in [-0.05, 0) is 42.0 Å². The molecule has 31 heavy (non-hydrogen) atoms. The largest absolute Gasteiger partial charge is 0.481 e. The van der Waals surface area contributed by atoms with Crippen LogP contribution in [0.15, 0.2) is 48.5 Å². The Hall–Kier alpha value is -3.76. The van der Waals surface area contributed by atoms with Crippen LogP contribution >= 0.6 is 0 Å². The highest BCUT2D eigenvalue weighted by atomic mass is 16.5. The molecule has 162 valence electrons. The number of nitrogens with one attached hydrogen (secondary N) is 2. The number of aliphatic hydroxyl groups is 1. The van der Waals surface area contributed by atoms with E-state index in [9.17, 15) is 19.5 Å². The van der Waals surface area contributed by atoms with E-state index >= 15 is 0 Å². The van der Waals surface area contributed by atoms with Gasteiger partial charge in [0.2, 0.25) is 0 Å². The minimum atomic E-state index is -1.76. The number of benzene rings is 2. The van der Waals surface area contributed by atoms with Crippen LogP contribution in [0.5, 0.6) is 0 Å². The van der Waals surface area contributed by atoms with Crippen molar-refractivity contribution in [1.82, 2.24) is 0 Å². The highest BCUT2D eigenvalue weighted by Gasteiger charge is 2.39. The molecule has 3 rings (SSSR count). The number of nitrogen functional groups attached to an aromatic ring is 1. The Bertz CT molecular complexity index is 1010. The molecule has 2 aromatic rings. The number of carbonyl (C=O) groups is 3. The maximum Gasteiger partial charge on any atom is 0.307 e. The van der Waals surface area contributed by atoms with Crippen molar-refractivity contribution in [3.8, 4) is 0 Å². The van der Waals surface area contributed by atoms with Crippen molar-refractivity contribution in [1.29, 1.82) is 5.41 Å². The second kappa shape index (κ2) is 9.37. The number of hydrogen-bond donors (Lipinski definition) is 5. The van der Waals surface area contributed by atoms with Crippen molar-refractivity contribution >= 4 is 35.0 Å². The van der Waals surface area contributed by atoms with Gasteiger partial charge in [-0.25, -0.2) is 0 Å². The minimum Gasteiger partial charge on any atom is -0.481 e. The summed E-state index contributed by atoms with van der Waals surface area (Å²) >= 11 is 0. The summed E-state index contributed by atoms with van der Waals surface area (Å²) in [6, 6.07) is 12.6. The molecule has 10 nitrogen and oxygen atoms in total. The van der Waals surface area contributed by atoms with E-state index in [1.165, 1.54) is 17.0 Å². The summed E-state index contributed by atoms with van der Waals surface area (Å²) in [7, 11) is 0. The summed E-state index contributed by atoms with van der Waals surface area (Å²) in [4.78, 5) is 37.6. The Labute approximate surface area is 177 Å². The average Bonchev–Trinajstić information content (AvgIpc) is 2.73. The summed E-state index contributed by atoms with van der Waals surface area (Å²) in [6.07, 6.45) is -3.36. The lowest BCUT2D eigenvalue weighted by Gasteiger charge is -2.34. The van der Waals surface area contributed by atoms with Gasteiger partial charge in [0.15, 0.2) is 12.2 Å². The van der Waals surface area contributed by atoms with Gasteiger partial charge in [-0.15, -0.1) is 0 Å². The number of morpholine rings is 1. The van der Waals surface area contributed by atoms with Gasteiger partial charge in [-0.2, -0.15) is 0 Å². The molecular weight excluding hydrogens is 404 g/mol. The Balaban J connectivity index is 1.70. The van der Waals surface area contributed by atoms with Crippen LogP contribution in [-0.2, 0) is 25.5 Å². The fourth-order valence-corrected chi connectivity index (χ4v) is 3.18. The predicted octanol–water partition coefficient (Wildman–Crippen LogP) is 0.329. The molecule has 2 amide bonds. The lowest BCUT2D eigenvalue weighted by Crippen LogP contribution is -2.55. The van der Waals surface area contributed by atoms with Crippen LogP contribution in [0.25, 0.3) is 0 Å². The number of ether oxygens (including phenoxy) is 1. The number of aliphatic hydroxyl groups excluding tert-OH is 1. The van der Waals surface area contributed by atoms with Crippen LogP contribution in [0, 0.1) is 5.41 Å².